The molecular formula is C19H20Cl2N4O7S. The predicted molar refractivity (Wildman–Crippen MR) is 122 cm³/mol. The SMILES string of the molecule is CS(=O)(=O)O.OC(c1nc2ccc(Cl)cc2[nH]1)C(O)C(O)C(O)c1nc2ccc(Cl)cc2[nH]1. The fraction of sp³-hybridized carbons (Fsp3) is 0.263. The van der Waals surface area contributed by atoms with Gasteiger partial charge in [-0.05, 0) is 36.4 Å². The van der Waals surface area contributed by atoms with Crippen LogP contribution >= 0.6 is 23.2 Å². The first-order chi connectivity index (χ1) is 15.3. The van der Waals surface area contributed by atoms with Gasteiger partial charge in [0.1, 0.15) is 36.1 Å². The summed E-state index contributed by atoms with van der Waals surface area (Å²) in [5, 5.41) is 42.5. The molecule has 0 fully saturated rings. The summed E-state index contributed by atoms with van der Waals surface area (Å²) in [5.41, 5.74) is 2.21. The lowest BCUT2D eigenvalue weighted by molar-refractivity contribution is -0.111. The van der Waals surface area contributed by atoms with Gasteiger partial charge in [0.15, 0.2) is 0 Å². The van der Waals surface area contributed by atoms with Gasteiger partial charge in [0.25, 0.3) is 10.1 Å². The minimum atomic E-state index is -3.67. The zero-order chi connectivity index (χ0) is 24.5. The predicted octanol–water partition coefficient (Wildman–Crippen LogP) is 1.74. The molecule has 2 aromatic heterocycles. The normalized spacial score (nSPS) is 15.6. The van der Waals surface area contributed by atoms with Crippen LogP contribution in [0.5, 0.6) is 0 Å². The second kappa shape index (κ2) is 9.91. The van der Waals surface area contributed by atoms with E-state index in [0.29, 0.717) is 38.4 Å². The van der Waals surface area contributed by atoms with E-state index in [1.165, 1.54) is 0 Å². The van der Waals surface area contributed by atoms with Gasteiger partial charge in [0.2, 0.25) is 0 Å². The maximum Gasteiger partial charge on any atom is 0.261 e. The molecule has 0 radical (unpaired) electrons. The monoisotopic (exact) mass is 518 g/mol. The van der Waals surface area contributed by atoms with Crippen molar-refractivity contribution in [3.8, 4) is 0 Å². The number of aliphatic hydroxyl groups excluding tert-OH is 4. The average molecular weight is 519 g/mol. The highest BCUT2D eigenvalue weighted by Gasteiger charge is 2.35. The van der Waals surface area contributed by atoms with Gasteiger partial charge >= 0.3 is 0 Å². The topological polar surface area (TPSA) is 193 Å². The Bertz CT molecular complexity index is 1280. The third kappa shape index (κ3) is 6.40. The molecule has 33 heavy (non-hydrogen) atoms. The summed E-state index contributed by atoms with van der Waals surface area (Å²) in [5.74, 6) is 0.0693. The van der Waals surface area contributed by atoms with E-state index in [4.69, 9.17) is 27.8 Å². The number of fused-ring (bicyclic) bond motifs is 2. The second-order valence-corrected chi connectivity index (χ2v) is 9.51. The molecule has 2 aromatic carbocycles. The number of nitrogens with zero attached hydrogens (tertiary/aromatic N) is 2. The number of aliphatic hydroxyl groups is 4. The second-order valence-electron chi connectivity index (χ2n) is 7.17. The van der Waals surface area contributed by atoms with Crippen LogP contribution in [0.4, 0.5) is 0 Å². The van der Waals surface area contributed by atoms with Crippen LogP contribution in [0.3, 0.4) is 0 Å². The van der Waals surface area contributed by atoms with Gasteiger partial charge in [-0.2, -0.15) is 8.42 Å². The molecule has 178 valence electrons. The van der Waals surface area contributed by atoms with Gasteiger partial charge in [-0.25, -0.2) is 9.97 Å². The summed E-state index contributed by atoms with van der Waals surface area (Å²) >= 11 is 11.8. The molecule has 0 aliphatic rings. The van der Waals surface area contributed by atoms with Gasteiger partial charge in [-0.15, -0.1) is 0 Å². The lowest BCUT2D eigenvalue weighted by atomic mass is 10.0. The number of imidazole rings is 2. The summed E-state index contributed by atoms with van der Waals surface area (Å²) in [6.45, 7) is 0. The Morgan fingerprint density at radius 1 is 0.788 bits per heavy atom. The van der Waals surface area contributed by atoms with Crippen LogP contribution in [0, 0.1) is 0 Å². The van der Waals surface area contributed by atoms with Gasteiger partial charge in [0, 0.05) is 10.0 Å². The van der Waals surface area contributed by atoms with Crippen LogP contribution in [0.15, 0.2) is 36.4 Å². The summed E-state index contributed by atoms with van der Waals surface area (Å²) in [7, 11) is -3.67. The molecule has 4 unspecified atom stereocenters. The van der Waals surface area contributed by atoms with Crippen molar-refractivity contribution in [2.45, 2.75) is 24.4 Å². The third-order valence-corrected chi connectivity index (χ3v) is 4.95. The highest BCUT2D eigenvalue weighted by Crippen LogP contribution is 2.27. The smallest absolute Gasteiger partial charge is 0.261 e. The number of aromatic nitrogens is 4. The Morgan fingerprint density at radius 3 is 1.45 bits per heavy atom. The lowest BCUT2D eigenvalue weighted by Crippen LogP contribution is -2.37. The molecule has 0 bridgehead atoms. The van der Waals surface area contributed by atoms with Crippen molar-refractivity contribution < 1.29 is 33.4 Å². The molecule has 0 saturated heterocycles. The van der Waals surface area contributed by atoms with Crippen LogP contribution in [-0.2, 0) is 10.1 Å². The van der Waals surface area contributed by atoms with E-state index in [9.17, 15) is 28.8 Å². The number of hydrogen-bond acceptors (Lipinski definition) is 8. The van der Waals surface area contributed by atoms with Gasteiger partial charge in [-0.3, -0.25) is 4.55 Å². The molecule has 4 rings (SSSR count). The largest absolute Gasteiger partial charge is 0.387 e. The molecule has 14 heteroatoms. The Morgan fingerprint density at radius 2 is 1.12 bits per heavy atom. The van der Waals surface area contributed by atoms with Crippen LogP contribution in [0.1, 0.15) is 23.9 Å². The first-order valence-electron chi connectivity index (χ1n) is 9.28. The Labute approximate surface area is 197 Å². The van der Waals surface area contributed by atoms with Gasteiger partial charge < -0.3 is 30.4 Å². The molecule has 4 aromatic rings. The molecule has 0 saturated carbocycles. The molecule has 0 aliphatic heterocycles. The number of benzene rings is 2. The van der Waals surface area contributed by atoms with E-state index in [2.05, 4.69) is 19.9 Å². The first-order valence-corrected chi connectivity index (χ1v) is 11.9. The zero-order valence-electron chi connectivity index (χ0n) is 16.9. The quantitative estimate of drug-likeness (QED) is 0.192. The molecule has 0 spiro atoms. The summed E-state index contributed by atoms with van der Waals surface area (Å²) in [4.78, 5) is 14.0. The Balaban J connectivity index is 0.000000555. The maximum atomic E-state index is 10.4. The summed E-state index contributed by atoms with van der Waals surface area (Å²) < 4.78 is 25.9. The van der Waals surface area contributed by atoms with Crippen molar-refractivity contribution in [3.63, 3.8) is 0 Å². The minimum absolute atomic E-state index is 0.0346. The number of aromatic amines is 2. The van der Waals surface area contributed by atoms with Crippen molar-refractivity contribution >= 4 is 55.4 Å². The van der Waals surface area contributed by atoms with Gasteiger partial charge in [-0.1, -0.05) is 23.2 Å². The van der Waals surface area contributed by atoms with Crippen molar-refractivity contribution in [1.82, 2.24) is 19.9 Å². The van der Waals surface area contributed by atoms with Crippen molar-refractivity contribution in [1.29, 1.82) is 0 Å². The van der Waals surface area contributed by atoms with Crippen LogP contribution in [-0.4, -0.2) is 71.8 Å². The van der Waals surface area contributed by atoms with Crippen LogP contribution in [0.2, 0.25) is 10.0 Å². The standard InChI is InChI=1S/C18H16Cl2N4O4.CH4O3S/c19-7-1-3-9-11(5-7)23-17(21-9)15(27)13(25)14(26)16(28)18-22-10-4-2-8(20)6-12(10)24-18;1-5(2,3)4/h1-6,13-16,25-28H,(H,21,23)(H,22,24);1H3,(H,2,3,4). The van der Waals surface area contributed by atoms with Crippen molar-refractivity contribution in [2.24, 2.45) is 0 Å². The molecule has 7 N–H and O–H groups in total. The first kappa shape index (κ1) is 25.3. The van der Waals surface area contributed by atoms with Crippen molar-refractivity contribution in [2.75, 3.05) is 6.26 Å². The fourth-order valence-electron chi connectivity index (χ4n) is 2.98. The lowest BCUT2D eigenvalue weighted by Gasteiger charge is -2.24. The highest BCUT2D eigenvalue weighted by molar-refractivity contribution is 7.85. The Hall–Kier alpha value is -2.29. The summed E-state index contributed by atoms with van der Waals surface area (Å²) in [6, 6.07) is 9.84. The summed E-state index contributed by atoms with van der Waals surface area (Å²) in [6.07, 6.45) is -5.90. The third-order valence-electron chi connectivity index (χ3n) is 4.48. The van der Waals surface area contributed by atoms with Gasteiger partial charge in [0.05, 0.1) is 28.3 Å². The number of nitrogens with one attached hydrogen (secondary N) is 2. The van der Waals surface area contributed by atoms with E-state index in [-0.39, 0.29) is 11.6 Å². The molecule has 0 amide bonds. The number of hydrogen-bond donors (Lipinski definition) is 7. The molecule has 0 aliphatic carbocycles. The maximum absolute atomic E-state index is 10.4. The van der Waals surface area contributed by atoms with E-state index in [1.54, 1.807) is 36.4 Å². The number of H-pyrrole nitrogens is 2. The van der Waals surface area contributed by atoms with Crippen LogP contribution < -0.4 is 0 Å². The zero-order valence-corrected chi connectivity index (χ0v) is 19.2. The number of halogens is 2. The molecular weight excluding hydrogens is 499 g/mol. The number of rotatable bonds is 5. The fourth-order valence-corrected chi connectivity index (χ4v) is 3.32. The molecule has 4 atom stereocenters. The van der Waals surface area contributed by atoms with E-state index < -0.39 is 34.5 Å². The minimum Gasteiger partial charge on any atom is -0.387 e. The van der Waals surface area contributed by atoms with Crippen molar-refractivity contribution in [3.05, 3.63) is 58.1 Å². The van der Waals surface area contributed by atoms with E-state index in [0.717, 1.165) is 0 Å². The average Bonchev–Trinajstić information content (AvgIpc) is 3.33. The Kier molecular flexibility index (Phi) is 7.61. The molecule has 11 nitrogen and oxygen atoms in total. The van der Waals surface area contributed by atoms with Crippen LogP contribution in [0.25, 0.3) is 22.1 Å². The highest BCUT2D eigenvalue weighted by atomic mass is 35.5. The van der Waals surface area contributed by atoms with E-state index in [1.807, 2.05) is 0 Å². The molecule has 2 heterocycles. The van der Waals surface area contributed by atoms with E-state index >= 15 is 0 Å².